The summed E-state index contributed by atoms with van der Waals surface area (Å²) in [7, 11) is 0. The molecule has 0 unspecified atom stereocenters. The number of hydrogen-bond acceptors (Lipinski definition) is 11. The van der Waals surface area contributed by atoms with Crippen LogP contribution in [0.15, 0.2) is 102 Å². The van der Waals surface area contributed by atoms with Crippen LogP contribution in [0.3, 0.4) is 0 Å². The van der Waals surface area contributed by atoms with Gasteiger partial charge in [-0.25, -0.2) is 0 Å². The van der Waals surface area contributed by atoms with E-state index in [2.05, 4.69) is 27.8 Å². The van der Waals surface area contributed by atoms with Gasteiger partial charge in [-0.05, 0) is 81.6 Å². The van der Waals surface area contributed by atoms with Gasteiger partial charge in [-0.3, -0.25) is 9.59 Å². The number of hydrogen-bond donors (Lipinski definition) is 3. The predicted octanol–water partition coefficient (Wildman–Crippen LogP) is 5.68. The number of aromatic hydroxyl groups is 1. The quantitative estimate of drug-likeness (QED) is 0.108. The molecular formula is C38H39N5O7S. The van der Waals surface area contributed by atoms with Gasteiger partial charge in [0.05, 0.1) is 24.5 Å². The number of thioether (sulfide) groups is 1. The van der Waals surface area contributed by atoms with Crippen molar-refractivity contribution in [3.05, 3.63) is 119 Å². The summed E-state index contributed by atoms with van der Waals surface area (Å²) in [5, 5.41) is 35.0. The number of carbonyl (C=O) groups excluding carboxylic acids is 2. The van der Waals surface area contributed by atoms with Crippen molar-refractivity contribution < 1.29 is 34.0 Å². The number of rotatable bonds is 12. The van der Waals surface area contributed by atoms with Gasteiger partial charge >= 0.3 is 5.97 Å². The molecule has 1 aromatic heterocycles. The Morgan fingerprint density at radius 3 is 2.39 bits per heavy atom. The Hall–Kier alpha value is -5.08. The minimum Gasteiger partial charge on any atom is -0.508 e. The number of nitrogens with zero attached hydrogens (tertiary/aromatic N) is 4. The topological polar surface area (TPSA) is 158 Å². The molecule has 264 valence electrons. The smallest absolute Gasteiger partial charge is 0.303 e. The molecule has 6 rings (SSSR count). The number of phenolic OH excluding ortho intramolecular Hbond substituents is 1. The zero-order chi connectivity index (χ0) is 35.9. The fraction of sp³-hybridized carbons (Fsp3) is 0.289. The highest BCUT2D eigenvalue weighted by molar-refractivity contribution is 7.99. The monoisotopic (exact) mass is 709 g/mol. The number of aromatic nitrogens is 4. The summed E-state index contributed by atoms with van der Waals surface area (Å²) < 4.78 is 20.0. The summed E-state index contributed by atoms with van der Waals surface area (Å²) in [6.07, 6.45) is -2.13. The lowest BCUT2D eigenvalue weighted by molar-refractivity contribution is -0.268. The third-order valence-corrected chi connectivity index (χ3v) is 9.64. The van der Waals surface area contributed by atoms with Gasteiger partial charge in [-0.2, -0.15) is 4.68 Å². The van der Waals surface area contributed by atoms with Gasteiger partial charge < -0.3 is 29.7 Å². The van der Waals surface area contributed by atoms with Crippen LogP contribution in [-0.2, 0) is 37.0 Å². The van der Waals surface area contributed by atoms with E-state index in [9.17, 15) is 19.8 Å². The first kappa shape index (κ1) is 35.7. The van der Waals surface area contributed by atoms with E-state index in [4.69, 9.17) is 14.2 Å². The largest absolute Gasteiger partial charge is 0.508 e. The Bertz CT molecular complexity index is 1950. The second-order valence-corrected chi connectivity index (χ2v) is 13.3. The number of benzene rings is 4. The number of amides is 1. The molecule has 0 radical (unpaired) electrons. The molecule has 3 N–H and O–H groups in total. The summed E-state index contributed by atoms with van der Waals surface area (Å²) in [5.41, 5.74) is 6.14. The van der Waals surface area contributed by atoms with E-state index in [-0.39, 0.29) is 42.9 Å². The van der Waals surface area contributed by atoms with E-state index in [1.807, 2.05) is 72.8 Å². The maximum atomic E-state index is 12.4. The first-order chi connectivity index (χ1) is 24.7. The molecule has 5 aromatic rings. The van der Waals surface area contributed by atoms with Gasteiger partial charge in [-0.1, -0.05) is 79.3 Å². The van der Waals surface area contributed by atoms with Crippen LogP contribution in [0.5, 0.6) is 5.75 Å². The molecule has 4 aromatic carbocycles. The molecule has 12 nitrogen and oxygen atoms in total. The molecule has 5 atom stereocenters. The Labute approximate surface area is 299 Å². The molecule has 0 spiro atoms. The Kier molecular flexibility index (Phi) is 11.4. The van der Waals surface area contributed by atoms with Crippen LogP contribution in [0.4, 0.5) is 0 Å². The highest BCUT2D eigenvalue weighted by Crippen LogP contribution is 2.43. The maximum Gasteiger partial charge on any atom is 0.303 e. The van der Waals surface area contributed by atoms with Crippen molar-refractivity contribution >= 4 is 23.6 Å². The lowest BCUT2D eigenvalue weighted by Gasteiger charge is -2.41. The minimum atomic E-state index is -0.881. The number of esters is 1. The van der Waals surface area contributed by atoms with Gasteiger partial charge in [0.1, 0.15) is 5.75 Å². The van der Waals surface area contributed by atoms with E-state index in [0.717, 1.165) is 39.1 Å². The maximum absolute atomic E-state index is 12.4. The lowest BCUT2D eigenvalue weighted by Crippen LogP contribution is -2.38. The highest BCUT2D eigenvalue weighted by Gasteiger charge is 2.38. The Balaban J connectivity index is 1.22. The van der Waals surface area contributed by atoms with Crippen molar-refractivity contribution in [2.75, 3.05) is 5.75 Å². The van der Waals surface area contributed by atoms with Gasteiger partial charge in [0.15, 0.2) is 12.4 Å². The molecule has 1 amide bonds. The van der Waals surface area contributed by atoms with Crippen molar-refractivity contribution in [1.29, 1.82) is 0 Å². The molecule has 1 saturated heterocycles. The molecule has 2 heterocycles. The van der Waals surface area contributed by atoms with E-state index in [0.29, 0.717) is 10.9 Å². The van der Waals surface area contributed by atoms with Crippen LogP contribution in [-0.4, -0.2) is 60.3 Å². The average Bonchev–Trinajstić information content (AvgIpc) is 3.62. The second kappa shape index (κ2) is 16.3. The van der Waals surface area contributed by atoms with Crippen molar-refractivity contribution in [1.82, 2.24) is 25.5 Å². The van der Waals surface area contributed by atoms with Crippen LogP contribution in [0.2, 0.25) is 0 Å². The summed E-state index contributed by atoms with van der Waals surface area (Å²) >= 11 is 1.47. The molecule has 51 heavy (non-hydrogen) atoms. The number of phenols is 1. The van der Waals surface area contributed by atoms with Crippen molar-refractivity contribution in [3.63, 3.8) is 0 Å². The molecule has 0 bridgehead atoms. The zero-order valence-corrected chi connectivity index (χ0v) is 29.2. The standard InChI is InChI=1S/C38H39N5O7S/c1-23-34(22-51-38-40-41-42-43(38)32-14-16-33(46)17-15-32)49-37(50-35(23)28-12-10-26(21-44)11-13-28)31-9-5-8-30(19-31)29-7-4-6-27(18-29)20-39-36(47)24(2)48-25(3)45/h4-19,23-24,34-35,37,44,46H,20-22H2,1-3H3,(H,39,47)/t23-,24-,34+,35+,37+/m0/s1. The first-order valence-corrected chi connectivity index (χ1v) is 17.5. The second-order valence-electron chi connectivity index (χ2n) is 12.3. The summed E-state index contributed by atoms with van der Waals surface area (Å²) in [4.78, 5) is 23.6. The van der Waals surface area contributed by atoms with Crippen LogP contribution in [0, 0.1) is 5.92 Å². The third-order valence-electron chi connectivity index (χ3n) is 8.63. The number of aliphatic hydroxyl groups excluding tert-OH is 1. The molecule has 1 aliphatic rings. The van der Waals surface area contributed by atoms with E-state index in [1.165, 1.54) is 25.6 Å². The summed E-state index contributed by atoms with van der Waals surface area (Å²) in [6, 6.07) is 30.3. The molecule has 1 fully saturated rings. The third kappa shape index (κ3) is 8.81. The van der Waals surface area contributed by atoms with Crippen LogP contribution >= 0.6 is 11.8 Å². The first-order valence-electron chi connectivity index (χ1n) is 16.5. The van der Waals surface area contributed by atoms with Crippen LogP contribution in [0.25, 0.3) is 16.8 Å². The Morgan fingerprint density at radius 1 is 0.941 bits per heavy atom. The van der Waals surface area contributed by atoms with E-state index >= 15 is 0 Å². The fourth-order valence-electron chi connectivity index (χ4n) is 5.85. The Morgan fingerprint density at radius 2 is 1.67 bits per heavy atom. The molecule has 0 aliphatic carbocycles. The summed E-state index contributed by atoms with van der Waals surface area (Å²) in [6.45, 7) is 5.13. The highest BCUT2D eigenvalue weighted by atomic mass is 32.2. The lowest BCUT2D eigenvalue weighted by atomic mass is 9.91. The van der Waals surface area contributed by atoms with Crippen molar-refractivity contribution in [2.24, 2.45) is 5.92 Å². The van der Waals surface area contributed by atoms with E-state index in [1.54, 1.807) is 28.9 Å². The van der Waals surface area contributed by atoms with Gasteiger partial charge in [0.2, 0.25) is 5.16 Å². The van der Waals surface area contributed by atoms with Gasteiger partial charge in [-0.15, -0.1) is 5.10 Å². The number of nitrogens with one attached hydrogen (secondary N) is 1. The number of aliphatic hydroxyl groups is 1. The number of carbonyl (C=O) groups is 2. The van der Waals surface area contributed by atoms with Crippen molar-refractivity contribution in [3.8, 4) is 22.6 Å². The van der Waals surface area contributed by atoms with E-state index < -0.39 is 18.4 Å². The zero-order valence-electron chi connectivity index (χ0n) is 28.4. The van der Waals surface area contributed by atoms with Crippen LogP contribution < -0.4 is 5.32 Å². The molecule has 0 saturated carbocycles. The van der Waals surface area contributed by atoms with Gasteiger partial charge in [0, 0.05) is 30.7 Å². The van der Waals surface area contributed by atoms with Gasteiger partial charge in [0.25, 0.3) is 5.91 Å². The predicted molar refractivity (Wildman–Crippen MR) is 189 cm³/mol. The minimum absolute atomic E-state index is 0.0458. The molecule has 1 aliphatic heterocycles. The molecule has 13 heteroatoms. The van der Waals surface area contributed by atoms with Crippen LogP contribution in [0.1, 0.15) is 55.4 Å². The average molecular weight is 710 g/mol. The molecular weight excluding hydrogens is 671 g/mol. The van der Waals surface area contributed by atoms with Crippen molar-refractivity contribution in [2.45, 2.75) is 63.7 Å². The number of tetrazole rings is 1. The fourth-order valence-corrected chi connectivity index (χ4v) is 6.91. The normalized spacial score (nSPS) is 19.3. The number of ether oxygens (including phenoxy) is 3. The summed E-state index contributed by atoms with van der Waals surface area (Å²) in [5.74, 6) is -0.242. The SMILES string of the molecule is CC(=O)O[C@@H](C)C(=O)NCc1cccc(-c2cccc([C@@H]3O[C@H](CSc4nnnn4-c4ccc(O)cc4)[C@H](C)[C@H](c4ccc(CO)cc4)O3)c2)c1.